The van der Waals surface area contributed by atoms with Gasteiger partial charge in [0.05, 0.1) is 27.0 Å². The summed E-state index contributed by atoms with van der Waals surface area (Å²) in [6.07, 6.45) is 1.64. The molecule has 0 aliphatic rings. The molecular formula is C14H15N3OS. The quantitative estimate of drug-likeness (QED) is 0.731. The average molecular weight is 273 g/mol. The molecule has 0 saturated heterocycles. The fourth-order valence-electron chi connectivity index (χ4n) is 1.88. The van der Waals surface area contributed by atoms with Gasteiger partial charge in [-0.25, -0.2) is 4.98 Å². The summed E-state index contributed by atoms with van der Waals surface area (Å²) in [4.78, 5) is 4.68. The van der Waals surface area contributed by atoms with Gasteiger partial charge in [-0.2, -0.15) is 0 Å². The molecule has 3 aromatic rings. The molecule has 0 atom stereocenters. The monoisotopic (exact) mass is 273 g/mol. The van der Waals surface area contributed by atoms with Crippen LogP contribution in [0.25, 0.3) is 21.3 Å². The minimum atomic E-state index is 0.0695. The number of benzene rings is 1. The number of fused-ring (bicyclic) bond motifs is 1. The molecule has 5 heteroatoms. The van der Waals surface area contributed by atoms with Crippen molar-refractivity contribution >= 4 is 27.4 Å². The highest BCUT2D eigenvalue weighted by Gasteiger charge is 2.19. The SMILES string of the molecule is CC(C)(C)c1nc2ccc(-c3cnoc3N)cc2s1. The molecule has 0 saturated carbocycles. The highest BCUT2D eigenvalue weighted by atomic mass is 32.1. The van der Waals surface area contributed by atoms with Gasteiger partial charge in [0.1, 0.15) is 0 Å². The van der Waals surface area contributed by atoms with Gasteiger partial charge in [0.15, 0.2) is 0 Å². The van der Waals surface area contributed by atoms with Gasteiger partial charge in [0.2, 0.25) is 5.88 Å². The summed E-state index contributed by atoms with van der Waals surface area (Å²) in [6.45, 7) is 6.51. The van der Waals surface area contributed by atoms with Gasteiger partial charge in [-0.3, -0.25) is 0 Å². The number of hydrogen-bond acceptors (Lipinski definition) is 5. The molecule has 3 rings (SSSR count). The first-order valence-electron chi connectivity index (χ1n) is 6.07. The standard InChI is InChI=1S/C14H15N3OS/c1-14(2,3)13-17-10-5-4-8(6-11(10)19-13)9-7-16-18-12(9)15/h4-7H,15H2,1-3H3. The molecule has 2 heterocycles. The van der Waals surface area contributed by atoms with E-state index < -0.39 is 0 Å². The van der Waals surface area contributed by atoms with Crippen LogP contribution in [0, 0.1) is 0 Å². The zero-order valence-electron chi connectivity index (χ0n) is 11.1. The molecule has 1 aromatic carbocycles. The Kier molecular flexibility index (Phi) is 2.60. The number of nitrogens with zero attached hydrogens (tertiary/aromatic N) is 2. The molecule has 2 aromatic heterocycles. The lowest BCUT2D eigenvalue weighted by atomic mass is 9.98. The lowest BCUT2D eigenvalue weighted by Gasteiger charge is -2.13. The van der Waals surface area contributed by atoms with E-state index >= 15 is 0 Å². The van der Waals surface area contributed by atoms with Gasteiger partial charge in [-0.05, 0) is 17.7 Å². The summed E-state index contributed by atoms with van der Waals surface area (Å²) in [5.74, 6) is 0.347. The second-order valence-corrected chi connectivity index (χ2v) is 6.59. The lowest BCUT2D eigenvalue weighted by Crippen LogP contribution is -2.09. The number of nitrogens with two attached hydrogens (primary N) is 1. The topological polar surface area (TPSA) is 64.9 Å². The van der Waals surface area contributed by atoms with E-state index in [1.165, 1.54) is 0 Å². The van der Waals surface area contributed by atoms with Crippen molar-refractivity contribution < 1.29 is 4.52 Å². The second kappa shape index (κ2) is 4.06. The summed E-state index contributed by atoms with van der Waals surface area (Å²) in [5, 5.41) is 4.85. The van der Waals surface area contributed by atoms with E-state index in [0.717, 1.165) is 26.4 Å². The molecular weight excluding hydrogens is 258 g/mol. The number of rotatable bonds is 1. The molecule has 0 spiro atoms. The molecule has 4 nitrogen and oxygen atoms in total. The summed E-state index contributed by atoms with van der Waals surface area (Å²) < 4.78 is 6.06. The van der Waals surface area contributed by atoms with Crippen LogP contribution in [0.1, 0.15) is 25.8 Å². The summed E-state index contributed by atoms with van der Waals surface area (Å²) >= 11 is 1.72. The van der Waals surface area contributed by atoms with Crippen LogP contribution in [-0.4, -0.2) is 10.1 Å². The maximum absolute atomic E-state index is 5.75. The van der Waals surface area contributed by atoms with Crippen LogP contribution < -0.4 is 5.73 Å². The van der Waals surface area contributed by atoms with E-state index in [-0.39, 0.29) is 5.41 Å². The van der Waals surface area contributed by atoms with Gasteiger partial charge in [-0.1, -0.05) is 32.0 Å². The first-order chi connectivity index (χ1) is 8.95. The van der Waals surface area contributed by atoms with Gasteiger partial charge in [0.25, 0.3) is 0 Å². The lowest BCUT2D eigenvalue weighted by molar-refractivity contribution is 0.436. The Labute approximate surface area is 115 Å². The van der Waals surface area contributed by atoms with Crippen LogP contribution in [-0.2, 0) is 5.41 Å². The Morgan fingerprint density at radius 1 is 1.26 bits per heavy atom. The minimum Gasteiger partial charge on any atom is -0.367 e. The van der Waals surface area contributed by atoms with Crippen molar-refractivity contribution in [3.8, 4) is 11.1 Å². The van der Waals surface area contributed by atoms with E-state index in [1.54, 1.807) is 17.5 Å². The zero-order valence-corrected chi connectivity index (χ0v) is 11.9. The van der Waals surface area contributed by atoms with E-state index in [2.05, 4.69) is 37.0 Å². The third kappa shape index (κ3) is 2.10. The van der Waals surface area contributed by atoms with Crippen molar-refractivity contribution in [2.75, 3.05) is 5.73 Å². The highest BCUT2D eigenvalue weighted by molar-refractivity contribution is 7.18. The van der Waals surface area contributed by atoms with Gasteiger partial charge >= 0.3 is 0 Å². The van der Waals surface area contributed by atoms with Gasteiger partial charge in [0, 0.05) is 5.41 Å². The maximum Gasteiger partial charge on any atom is 0.229 e. The Hall–Kier alpha value is -1.88. The van der Waals surface area contributed by atoms with Crippen molar-refractivity contribution in [1.29, 1.82) is 0 Å². The summed E-state index contributed by atoms with van der Waals surface area (Å²) in [5.41, 5.74) is 8.68. The molecule has 98 valence electrons. The molecule has 0 amide bonds. The number of hydrogen-bond donors (Lipinski definition) is 1. The third-order valence-electron chi connectivity index (χ3n) is 2.94. The Bertz CT molecular complexity index is 737. The molecule has 0 aliphatic heterocycles. The van der Waals surface area contributed by atoms with Crippen molar-refractivity contribution in [1.82, 2.24) is 10.1 Å². The van der Waals surface area contributed by atoms with Crippen LogP contribution in [0.15, 0.2) is 28.9 Å². The van der Waals surface area contributed by atoms with Gasteiger partial charge in [-0.15, -0.1) is 11.3 Å². The van der Waals surface area contributed by atoms with Crippen LogP contribution in [0.3, 0.4) is 0 Å². The van der Waals surface area contributed by atoms with Gasteiger partial charge < -0.3 is 10.3 Å². The molecule has 0 aliphatic carbocycles. The van der Waals surface area contributed by atoms with Crippen molar-refractivity contribution in [3.05, 3.63) is 29.4 Å². The molecule has 0 unspecified atom stereocenters. The van der Waals surface area contributed by atoms with E-state index in [4.69, 9.17) is 10.3 Å². The fraction of sp³-hybridized carbons (Fsp3) is 0.286. The molecule has 2 N–H and O–H groups in total. The molecule has 19 heavy (non-hydrogen) atoms. The van der Waals surface area contributed by atoms with Crippen molar-refractivity contribution in [3.63, 3.8) is 0 Å². The third-order valence-corrected chi connectivity index (χ3v) is 4.38. The first-order valence-corrected chi connectivity index (χ1v) is 6.88. The van der Waals surface area contributed by atoms with E-state index in [1.807, 2.05) is 12.1 Å². The highest BCUT2D eigenvalue weighted by Crippen LogP contribution is 2.34. The molecule has 0 bridgehead atoms. The first kappa shape index (κ1) is 12.2. The zero-order chi connectivity index (χ0) is 13.6. The Balaban J connectivity index is 2.14. The minimum absolute atomic E-state index is 0.0695. The fourth-order valence-corrected chi connectivity index (χ4v) is 2.94. The smallest absolute Gasteiger partial charge is 0.229 e. The van der Waals surface area contributed by atoms with E-state index in [9.17, 15) is 0 Å². The Morgan fingerprint density at radius 3 is 2.68 bits per heavy atom. The predicted molar refractivity (Wildman–Crippen MR) is 78.2 cm³/mol. The predicted octanol–water partition coefficient (Wildman–Crippen LogP) is 3.83. The number of thiazole rings is 1. The van der Waals surface area contributed by atoms with Crippen molar-refractivity contribution in [2.45, 2.75) is 26.2 Å². The van der Waals surface area contributed by atoms with Crippen molar-refractivity contribution in [2.24, 2.45) is 0 Å². The summed E-state index contributed by atoms with van der Waals surface area (Å²) in [6, 6.07) is 6.10. The van der Waals surface area contributed by atoms with Crippen LogP contribution in [0.5, 0.6) is 0 Å². The number of anilines is 1. The summed E-state index contributed by atoms with van der Waals surface area (Å²) in [7, 11) is 0. The molecule has 0 radical (unpaired) electrons. The largest absolute Gasteiger partial charge is 0.367 e. The molecule has 0 fully saturated rings. The van der Waals surface area contributed by atoms with E-state index in [0.29, 0.717) is 5.88 Å². The maximum atomic E-state index is 5.75. The van der Waals surface area contributed by atoms with Crippen LogP contribution in [0.4, 0.5) is 5.88 Å². The van der Waals surface area contributed by atoms with Crippen LogP contribution >= 0.6 is 11.3 Å². The average Bonchev–Trinajstić information content (AvgIpc) is 2.92. The number of aromatic nitrogens is 2. The van der Waals surface area contributed by atoms with Crippen LogP contribution in [0.2, 0.25) is 0 Å². The Morgan fingerprint density at radius 2 is 2.05 bits per heavy atom. The normalized spacial score (nSPS) is 12.2. The second-order valence-electron chi connectivity index (χ2n) is 5.56. The number of nitrogen functional groups attached to an aromatic ring is 1.